The van der Waals surface area contributed by atoms with Crippen molar-refractivity contribution in [2.75, 3.05) is 19.0 Å². The van der Waals surface area contributed by atoms with E-state index in [2.05, 4.69) is 6.92 Å². The molecule has 2 nitrogen and oxygen atoms in total. The van der Waals surface area contributed by atoms with Gasteiger partial charge in [-0.05, 0) is 18.8 Å². The summed E-state index contributed by atoms with van der Waals surface area (Å²) in [7, 11) is 0. The SMILES string of the molecule is CC1CC(=O)N(CCCCCCl)C1. The first-order chi connectivity index (χ1) is 6.24. The lowest BCUT2D eigenvalue weighted by atomic mass is 10.2. The van der Waals surface area contributed by atoms with Crippen LogP contribution >= 0.6 is 11.6 Å². The molecular weight excluding hydrogens is 186 g/mol. The van der Waals surface area contributed by atoms with E-state index in [9.17, 15) is 4.79 Å². The summed E-state index contributed by atoms with van der Waals surface area (Å²) in [5.74, 6) is 1.63. The summed E-state index contributed by atoms with van der Waals surface area (Å²) in [4.78, 5) is 13.3. The van der Waals surface area contributed by atoms with Crippen molar-refractivity contribution in [2.24, 2.45) is 5.92 Å². The van der Waals surface area contributed by atoms with Gasteiger partial charge in [0.25, 0.3) is 0 Å². The number of nitrogens with zero attached hydrogens (tertiary/aromatic N) is 1. The van der Waals surface area contributed by atoms with Crippen LogP contribution in [0, 0.1) is 5.92 Å². The van der Waals surface area contributed by atoms with Gasteiger partial charge in [0.15, 0.2) is 0 Å². The van der Waals surface area contributed by atoms with Gasteiger partial charge in [0.2, 0.25) is 5.91 Å². The van der Waals surface area contributed by atoms with Crippen molar-refractivity contribution < 1.29 is 4.79 Å². The maximum Gasteiger partial charge on any atom is 0.222 e. The summed E-state index contributed by atoms with van der Waals surface area (Å²) in [6.07, 6.45) is 4.06. The zero-order valence-corrected chi connectivity index (χ0v) is 9.02. The quantitative estimate of drug-likeness (QED) is 0.496. The molecule has 1 amide bonds. The number of carbonyl (C=O) groups is 1. The van der Waals surface area contributed by atoms with Gasteiger partial charge in [-0.15, -0.1) is 11.6 Å². The van der Waals surface area contributed by atoms with Crippen molar-refractivity contribution >= 4 is 17.5 Å². The Labute approximate surface area is 85.2 Å². The summed E-state index contributed by atoms with van der Waals surface area (Å²) in [6.45, 7) is 4.02. The Morgan fingerprint density at radius 2 is 2.23 bits per heavy atom. The number of hydrogen-bond acceptors (Lipinski definition) is 1. The molecule has 1 atom stereocenters. The second-order valence-electron chi connectivity index (χ2n) is 3.90. The fraction of sp³-hybridized carbons (Fsp3) is 0.900. The molecule has 0 bridgehead atoms. The number of rotatable bonds is 5. The fourth-order valence-electron chi connectivity index (χ4n) is 1.76. The third-order valence-corrected chi connectivity index (χ3v) is 2.74. The largest absolute Gasteiger partial charge is 0.342 e. The average molecular weight is 204 g/mol. The van der Waals surface area contributed by atoms with Crippen LogP contribution in [-0.4, -0.2) is 29.8 Å². The number of unbranched alkanes of at least 4 members (excludes halogenated alkanes) is 2. The van der Waals surface area contributed by atoms with Gasteiger partial charge < -0.3 is 4.90 Å². The molecule has 1 aliphatic heterocycles. The van der Waals surface area contributed by atoms with Crippen LogP contribution < -0.4 is 0 Å². The molecular formula is C10H18ClNO. The molecule has 1 aliphatic rings. The molecule has 0 aromatic rings. The summed E-state index contributed by atoms with van der Waals surface area (Å²) >= 11 is 5.57. The van der Waals surface area contributed by atoms with Crippen LogP contribution in [0.2, 0.25) is 0 Å². The number of carbonyl (C=O) groups excluding carboxylic acids is 1. The Balaban J connectivity index is 2.11. The van der Waals surface area contributed by atoms with Crippen molar-refractivity contribution in [3.8, 4) is 0 Å². The summed E-state index contributed by atoms with van der Waals surface area (Å²) in [5.41, 5.74) is 0. The van der Waals surface area contributed by atoms with E-state index in [4.69, 9.17) is 11.6 Å². The van der Waals surface area contributed by atoms with Crippen molar-refractivity contribution in [1.29, 1.82) is 0 Å². The number of halogens is 1. The number of hydrogen-bond donors (Lipinski definition) is 0. The zero-order valence-electron chi connectivity index (χ0n) is 8.26. The minimum Gasteiger partial charge on any atom is -0.342 e. The van der Waals surface area contributed by atoms with Gasteiger partial charge in [0.05, 0.1) is 0 Å². The first-order valence-electron chi connectivity index (χ1n) is 5.07. The van der Waals surface area contributed by atoms with E-state index in [0.717, 1.165) is 44.7 Å². The van der Waals surface area contributed by atoms with Gasteiger partial charge in [-0.2, -0.15) is 0 Å². The Bertz CT molecular complexity index is 172. The van der Waals surface area contributed by atoms with Gasteiger partial charge in [0, 0.05) is 25.4 Å². The van der Waals surface area contributed by atoms with E-state index < -0.39 is 0 Å². The van der Waals surface area contributed by atoms with Gasteiger partial charge in [-0.1, -0.05) is 13.3 Å². The highest BCUT2D eigenvalue weighted by Gasteiger charge is 2.25. The highest BCUT2D eigenvalue weighted by Crippen LogP contribution is 2.17. The monoisotopic (exact) mass is 203 g/mol. The Morgan fingerprint density at radius 3 is 2.77 bits per heavy atom. The Hall–Kier alpha value is -0.240. The molecule has 1 rings (SSSR count). The van der Waals surface area contributed by atoms with E-state index >= 15 is 0 Å². The van der Waals surface area contributed by atoms with Gasteiger partial charge in [-0.25, -0.2) is 0 Å². The zero-order chi connectivity index (χ0) is 9.68. The van der Waals surface area contributed by atoms with E-state index in [-0.39, 0.29) is 0 Å². The van der Waals surface area contributed by atoms with E-state index in [1.54, 1.807) is 0 Å². The predicted molar refractivity (Wildman–Crippen MR) is 54.9 cm³/mol. The number of alkyl halides is 1. The standard InChI is InChI=1S/C10H18ClNO/c1-9-7-10(13)12(8-9)6-4-2-3-5-11/h9H,2-8H2,1H3. The van der Waals surface area contributed by atoms with E-state index in [1.807, 2.05) is 4.90 Å². The van der Waals surface area contributed by atoms with Crippen LogP contribution in [0.4, 0.5) is 0 Å². The van der Waals surface area contributed by atoms with Gasteiger partial charge >= 0.3 is 0 Å². The van der Waals surface area contributed by atoms with Crippen LogP contribution in [-0.2, 0) is 4.79 Å². The molecule has 0 radical (unpaired) electrons. The van der Waals surface area contributed by atoms with Crippen LogP contribution in [0.5, 0.6) is 0 Å². The molecule has 1 unspecified atom stereocenters. The Morgan fingerprint density at radius 1 is 1.46 bits per heavy atom. The molecule has 1 saturated heterocycles. The van der Waals surface area contributed by atoms with E-state index in [0.29, 0.717) is 11.8 Å². The molecule has 0 aromatic heterocycles. The van der Waals surface area contributed by atoms with Gasteiger partial charge in [0.1, 0.15) is 0 Å². The smallest absolute Gasteiger partial charge is 0.222 e. The first kappa shape index (κ1) is 10.8. The second-order valence-corrected chi connectivity index (χ2v) is 4.28. The van der Waals surface area contributed by atoms with E-state index in [1.165, 1.54) is 0 Å². The lowest BCUT2D eigenvalue weighted by Crippen LogP contribution is -2.26. The van der Waals surface area contributed by atoms with Crippen LogP contribution in [0.15, 0.2) is 0 Å². The molecule has 3 heteroatoms. The molecule has 0 saturated carbocycles. The third kappa shape index (κ3) is 3.55. The van der Waals surface area contributed by atoms with Crippen molar-refractivity contribution in [3.05, 3.63) is 0 Å². The molecule has 76 valence electrons. The minimum absolute atomic E-state index is 0.332. The molecule has 0 N–H and O–H groups in total. The molecule has 0 aromatic carbocycles. The fourth-order valence-corrected chi connectivity index (χ4v) is 1.95. The lowest BCUT2D eigenvalue weighted by molar-refractivity contribution is -0.127. The lowest BCUT2D eigenvalue weighted by Gasteiger charge is -2.15. The van der Waals surface area contributed by atoms with Crippen molar-refractivity contribution in [2.45, 2.75) is 32.6 Å². The highest BCUT2D eigenvalue weighted by molar-refractivity contribution is 6.17. The van der Waals surface area contributed by atoms with Crippen molar-refractivity contribution in [3.63, 3.8) is 0 Å². The topological polar surface area (TPSA) is 20.3 Å². The molecule has 1 heterocycles. The highest BCUT2D eigenvalue weighted by atomic mass is 35.5. The summed E-state index contributed by atoms with van der Waals surface area (Å²) < 4.78 is 0. The maximum absolute atomic E-state index is 11.3. The van der Waals surface area contributed by atoms with Crippen molar-refractivity contribution in [1.82, 2.24) is 4.90 Å². The van der Waals surface area contributed by atoms with Gasteiger partial charge in [-0.3, -0.25) is 4.79 Å². The number of amides is 1. The predicted octanol–water partition coefficient (Wildman–Crippen LogP) is 2.26. The number of likely N-dealkylation sites (tertiary alicyclic amines) is 1. The Kier molecular flexibility index (Phi) is 4.57. The molecule has 0 spiro atoms. The molecule has 13 heavy (non-hydrogen) atoms. The minimum atomic E-state index is 0.332. The average Bonchev–Trinajstić information content (AvgIpc) is 2.39. The normalized spacial score (nSPS) is 22.8. The summed E-state index contributed by atoms with van der Waals surface area (Å²) in [6, 6.07) is 0. The summed E-state index contributed by atoms with van der Waals surface area (Å²) in [5, 5.41) is 0. The molecule has 0 aliphatic carbocycles. The maximum atomic E-state index is 11.3. The second kappa shape index (κ2) is 5.48. The van der Waals surface area contributed by atoms with Crippen LogP contribution in [0.3, 0.4) is 0 Å². The van der Waals surface area contributed by atoms with Crippen LogP contribution in [0.25, 0.3) is 0 Å². The van der Waals surface area contributed by atoms with Crippen LogP contribution in [0.1, 0.15) is 32.6 Å². The molecule has 1 fully saturated rings. The third-order valence-electron chi connectivity index (χ3n) is 2.47. The first-order valence-corrected chi connectivity index (χ1v) is 5.61.